The molecule has 2 saturated heterocycles. The van der Waals surface area contributed by atoms with Crippen LogP contribution in [0.3, 0.4) is 0 Å². The fraction of sp³-hybridized carbons (Fsp3) is 0.552. The normalized spacial score (nSPS) is 21.1. The lowest BCUT2D eigenvalue weighted by Gasteiger charge is -2.29. The molecule has 84 heavy (non-hydrogen) atoms. The molecule has 20 nitrogen and oxygen atoms in total. The molecule has 0 spiro atoms. The van der Waals surface area contributed by atoms with E-state index < -0.39 is 22.5 Å². The Morgan fingerprint density at radius 3 is 1.35 bits per heavy atom. The van der Waals surface area contributed by atoms with E-state index in [9.17, 15) is 27.1 Å². The van der Waals surface area contributed by atoms with Gasteiger partial charge in [-0.25, -0.2) is 18.0 Å². The number of unbranched alkanes of at least 4 members (excludes halogenated alkanes) is 1. The zero-order valence-corrected chi connectivity index (χ0v) is 53.2. The molecule has 4 aromatic rings. The van der Waals surface area contributed by atoms with Gasteiger partial charge in [0.05, 0.1) is 62.0 Å². The Morgan fingerprint density at radius 1 is 0.583 bits per heavy atom. The molecular weight excluding hydrogens is 1200 g/mol. The first kappa shape index (κ1) is 65.7. The number of carbonyl (C=O) groups is 2. The third kappa shape index (κ3) is 17.3. The van der Waals surface area contributed by atoms with Crippen molar-refractivity contribution < 1.29 is 46.1 Å². The van der Waals surface area contributed by atoms with Gasteiger partial charge in [-0.3, -0.25) is 27.5 Å². The highest BCUT2D eigenvalue weighted by atomic mass is 35.5. The number of rotatable bonds is 29. The van der Waals surface area contributed by atoms with Gasteiger partial charge in [0.1, 0.15) is 23.7 Å². The minimum absolute atomic E-state index is 0.0511. The number of urea groups is 2. The summed E-state index contributed by atoms with van der Waals surface area (Å²) in [7, 11) is 8.06. The summed E-state index contributed by atoms with van der Waals surface area (Å²) < 4.78 is 74.5. The van der Waals surface area contributed by atoms with E-state index in [-0.39, 0.29) is 48.4 Å². The molecule has 6 N–H and O–H groups in total. The maximum atomic E-state index is 12.8. The number of nitrogens with zero attached hydrogens (tertiary/aromatic N) is 6. The molecule has 4 aromatic carbocycles. The number of halogens is 4. The summed E-state index contributed by atoms with van der Waals surface area (Å²) in [4.78, 5) is 33.4. The van der Waals surface area contributed by atoms with E-state index >= 15 is 0 Å². The second-order valence-corrected chi connectivity index (χ2v) is 25.7. The third-order valence-electron chi connectivity index (χ3n) is 16.0. The largest absolute Gasteiger partial charge is 0.484 e. The van der Waals surface area contributed by atoms with Crippen molar-refractivity contribution in [2.75, 3.05) is 129 Å². The summed E-state index contributed by atoms with van der Waals surface area (Å²) in [5.41, 5.74) is 6.94. The molecule has 4 amide bonds. The molecule has 2 fully saturated rings. The maximum Gasteiger partial charge on any atom is 0.314 e. The Labute approximate surface area is 519 Å². The Kier molecular flexibility index (Phi) is 24.3. The Hall–Kier alpha value is -4.24. The van der Waals surface area contributed by atoms with E-state index in [1.807, 2.05) is 90.6 Å². The summed E-state index contributed by atoms with van der Waals surface area (Å²) in [5.74, 6) is 1.35. The molecule has 8 atom stereocenters. The molecule has 8 rings (SSSR count). The number of anilines is 2. The van der Waals surface area contributed by atoms with Crippen molar-refractivity contribution in [3.8, 4) is 11.5 Å². The van der Waals surface area contributed by atoms with Gasteiger partial charge in [-0.05, 0) is 163 Å². The molecule has 462 valence electrons. The van der Waals surface area contributed by atoms with E-state index in [0.29, 0.717) is 147 Å². The van der Waals surface area contributed by atoms with Crippen molar-refractivity contribution in [1.82, 2.24) is 40.9 Å². The van der Waals surface area contributed by atoms with Crippen molar-refractivity contribution >= 4 is 92.4 Å². The van der Waals surface area contributed by atoms with Gasteiger partial charge >= 0.3 is 12.1 Å². The highest BCUT2D eigenvalue weighted by molar-refractivity contribution is 7.81. The number of likely N-dealkylation sites (N-methyl/N-ethyl adjacent to an activating group) is 2. The summed E-state index contributed by atoms with van der Waals surface area (Å²) in [6, 6.07) is 17.7. The Morgan fingerprint density at radius 2 is 0.976 bits per heavy atom. The summed E-state index contributed by atoms with van der Waals surface area (Å²) >= 11 is 21.5. The topological polar surface area (TPSA) is 213 Å². The summed E-state index contributed by atoms with van der Waals surface area (Å²) in [5, 5.41) is 13.6. The van der Waals surface area contributed by atoms with Crippen LogP contribution in [0.25, 0.3) is 0 Å². The van der Waals surface area contributed by atoms with Crippen LogP contribution in [0.2, 0.25) is 20.1 Å². The van der Waals surface area contributed by atoms with E-state index in [1.165, 1.54) is 0 Å². The highest BCUT2D eigenvalue weighted by Crippen LogP contribution is 2.45. The summed E-state index contributed by atoms with van der Waals surface area (Å²) in [6.45, 7) is 11.0. The summed E-state index contributed by atoms with van der Waals surface area (Å²) in [6.07, 6.45) is 3.65. The van der Waals surface area contributed by atoms with Crippen LogP contribution < -0.4 is 39.4 Å². The number of carbonyl (C=O) groups excluding carboxylic acids is 2. The van der Waals surface area contributed by atoms with Crippen molar-refractivity contribution in [3.05, 3.63) is 114 Å². The predicted molar refractivity (Wildman–Crippen MR) is 334 cm³/mol. The molecule has 4 aliphatic rings. The number of aryl methyl sites for hydroxylation is 2. The number of fused-ring (bicyclic) bond motifs is 2. The van der Waals surface area contributed by atoms with Crippen LogP contribution in [-0.2, 0) is 44.8 Å². The fourth-order valence-corrected chi connectivity index (χ4v) is 14.2. The first-order chi connectivity index (χ1) is 40.3. The molecule has 2 unspecified atom stereocenters. The number of benzene rings is 4. The zero-order valence-electron chi connectivity index (χ0n) is 48.6. The van der Waals surface area contributed by atoms with Crippen LogP contribution in [0.4, 0.5) is 21.0 Å². The molecular formula is C58H80Cl4N10O10S2. The Balaban J connectivity index is 0.631. The molecule has 0 bridgehead atoms. The van der Waals surface area contributed by atoms with Gasteiger partial charge in [0.2, 0.25) is 0 Å². The zero-order chi connectivity index (χ0) is 60.2. The number of hydrogen-bond acceptors (Lipinski definition) is 12. The van der Waals surface area contributed by atoms with Gasteiger partial charge in [0.25, 0.3) is 22.5 Å². The number of amides is 4. The quantitative estimate of drug-likeness (QED) is 0.0223. The number of hydrogen-bond donors (Lipinski definition) is 6. The van der Waals surface area contributed by atoms with Gasteiger partial charge in [-0.2, -0.15) is 0 Å². The van der Waals surface area contributed by atoms with Crippen molar-refractivity contribution in [3.63, 3.8) is 0 Å². The Bertz CT molecular complexity index is 2760. The standard InChI is InChI=1S/C58H80Cl4N10O10S2/c1-37-27-41(9-11-53(37)81-55-47-29-39(59)31-49(61)45(47)33-51(55)67(3)4)71(83(75)76)43-13-19-69(35-43)21-25-79-23-17-65-57(73)63-15-7-8-16-64-58(74)66-18-24-80-26-22-70-20-14-44(36-70)72(84(77)78)42-10-12-54(38(2)28-42)82-56-48-30-40(60)32-50(62)46(48)34-52(56)68(5)6/h9-12,27-32,43-44,51-52,55-56H,7-8,13-26,33-36H2,1-6H3,(H,75,76)(H,77,78)(H2,63,65,73)(H2,64,66,74)/t43-,44-,51-,52-,55-,56-/m0/s1. The number of ether oxygens (including phenoxy) is 4. The molecule has 26 heteroatoms. The molecule has 0 aromatic heterocycles. The second kappa shape index (κ2) is 31.1. The minimum atomic E-state index is -2.25. The first-order valence-electron chi connectivity index (χ1n) is 28.5. The second-order valence-electron chi connectivity index (χ2n) is 22.3. The molecule has 2 heterocycles. The van der Waals surface area contributed by atoms with Gasteiger partial charge in [-0.15, -0.1) is 0 Å². The van der Waals surface area contributed by atoms with Crippen LogP contribution in [0.1, 0.15) is 71.3 Å². The lowest BCUT2D eigenvalue weighted by atomic mass is 10.1. The highest BCUT2D eigenvalue weighted by Gasteiger charge is 2.40. The maximum absolute atomic E-state index is 12.8. The minimum Gasteiger partial charge on any atom is -0.484 e. The molecule has 0 saturated carbocycles. The van der Waals surface area contributed by atoms with Gasteiger partial charge < -0.3 is 50.0 Å². The number of likely N-dealkylation sites (tertiary alicyclic amines) is 2. The SMILES string of the molecule is Cc1cc(N([C@H]2CCN(CCOCCNC(=O)NCCCCNC(=O)NCCOCCN3CC[C@H](N(c4ccc(O[C@H]5c6cc(Cl)cc(Cl)c6C[C@@H]5N(C)C)c(C)c4)S(=O)O)C3)C2)S(=O)O)ccc1O[C@H]1c2cc(Cl)cc(Cl)c2C[C@@H]1N(C)C. The van der Waals surface area contributed by atoms with E-state index in [1.54, 1.807) is 20.7 Å². The van der Waals surface area contributed by atoms with Crippen molar-refractivity contribution in [2.24, 2.45) is 0 Å². The van der Waals surface area contributed by atoms with Crippen LogP contribution >= 0.6 is 46.4 Å². The van der Waals surface area contributed by atoms with Gasteiger partial charge in [-0.1, -0.05) is 46.4 Å². The first-order valence-corrected chi connectivity index (χ1v) is 32.2. The fourth-order valence-electron chi connectivity index (χ4n) is 11.6. The average molecular weight is 1280 g/mol. The van der Waals surface area contributed by atoms with Crippen molar-refractivity contribution in [1.29, 1.82) is 0 Å². The average Bonchev–Trinajstić information content (AvgIpc) is 3.25. The lowest BCUT2D eigenvalue weighted by molar-refractivity contribution is 0.110. The van der Waals surface area contributed by atoms with Gasteiger partial charge in [0, 0.05) is 96.7 Å². The van der Waals surface area contributed by atoms with Crippen LogP contribution in [0, 0.1) is 13.8 Å². The predicted octanol–water partition coefficient (Wildman–Crippen LogP) is 8.28. The molecule has 2 aliphatic carbocycles. The van der Waals surface area contributed by atoms with E-state index in [0.717, 1.165) is 59.3 Å². The van der Waals surface area contributed by atoms with Crippen LogP contribution in [0.15, 0.2) is 60.7 Å². The smallest absolute Gasteiger partial charge is 0.314 e. The number of nitrogens with one attached hydrogen (secondary N) is 4. The van der Waals surface area contributed by atoms with Crippen LogP contribution in [-0.4, -0.2) is 193 Å². The van der Waals surface area contributed by atoms with E-state index in [4.69, 9.17) is 65.4 Å². The van der Waals surface area contributed by atoms with Crippen LogP contribution in [0.5, 0.6) is 11.5 Å². The molecule has 2 aliphatic heterocycles. The van der Waals surface area contributed by atoms with Gasteiger partial charge in [0.15, 0.2) is 0 Å². The lowest BCUT2D eigenvalue weighted by Crippen LogP contribution is -2.40. The van der Waals surface area contributed by atoms with Crippen molar-refractivity contribution in [2.45, 2.75) is 88.7 Å². The van der Waals surface area contributed by atoms with E-state index in [2.05, 4.69) is 40.9 Å². The monoisotopic (exact) mass is 1280 g/mol. The third-order valence-corrected chi connectivity index (χ3v) is 18.8. The molecule has 0 radical (unpaired) electrons.